The zero-order chi connectivity index (χ0) is 17.5. The lowest BCUT2D eigenvalue weighted by Gasteiger charge is -2.16. The fourth-order valence-electron chi connectivity index (χ4n) is 1.73. The van der Waals surface area contributed by atoms with Crippen LogP contribution in [0.3, 0.4) is 0 Å². The summed E-state index contributed by atoms with van der Waals surface area (Å²) < 4.78 is 31.8. The van der Waals surface area contributed by atoms with Crippen LogP contribution in [0, 0.1) is 0 Å². The molecule has 1 rings (SSSR count). The van der Waals surface area contributed by atoms with Crippen LogP contribution in [0.2, 0.25) is 0 Å². The van der Waals surface area contributed by atoms with E-state index in [1.807, 2.05) is 13.8 Å². The molecule has 1 amide bonds. The molecule has 0 bridgehead atoms. The Balaban J connectivity index is 2.67. The van der Waals surface area contributed by atoms with Crippen molar-refractivity contribution < 1.29 is 23.1 Å². The highest BCUT2D eigenvalue weighted by atomic mass is 32.2. The number of carbonyl (C=O) groups excluding carboxylic acids is 1. The summed E-state index contributed by atoms with van der Waals surface area (Å²) in [6.07, 6.45) is -0.328. The monoisotopic (exact) mass is 344 g/mol. The number of amides is 1. The predicted octanol–water partition coefficient (Wildman–Crippen LogP) is 0.639. The van der Waals surface area contributed by atoms with Crippen molar-refractivity contribution in [3.05, 3.63) is 24.3 Å². The molecule has 7 nitrogen and oxygen atoms in total. The molecule has 0 aliphatic carbocycles. The van der Waals surface area contributed by atoms with Crippen molar-refractivity contribution in [1.29, 1.82) is 0 Å². The van der Waals surface area contributed by atoms with Crippen molar-refractivity contribution in [3.63, 3.8) is 0 Å². The molecule has 1 aromatic rings. The van der Waals surface area contributed by atoms with Crippen molar-refractivity contribution in [1.82, 2.24) is 10.0 Å². The van der Waals surface area contributed by atoms with Crippen molar-refractivity contribution in [2.24, 2.45) is 0 Å². The topological polar surface area (TPSA) is 105 Å². The molecule has 1 atom stereocenters. The van der Waals surface area contributed by atoms with Crippen LogP contribution in [0.15, 0.2) is 29.2 Å². The Morgan fingerprint density at radius 2 is 1.83 bits per heavy atom. The predicted molar refractivity (Wildman–Crippen MR) is 86.7 cm³/mol. The van der Waals surface area contributed by atoms with E-state index in [1.54, 1.807) is 6.92 Å². The van der Waals surface area contributed by atoms with Crippen molar-refractivity contribution in [2.45, 2.75) is 44.2 Å². The molecule has 1 aromatic carbocycles. The number of aliphatic hydroxyl groups is 1. The van der Waals surface area contributed by atoms with Gasteiger partial charge in [-0.2, -0.15) is 0 Å². The van der Waals surface area contributed by atoms with E-state index < -0.39 is 16.1 Å². The minimum atomic E-state index is -3.61. The van der Waals surface area contributed by atoms with E-state index in [9.17, 15) is 13.2 Å². The molecule has 0 aliphatic rings. The summed E-state index contributed by atoms with van der Waals surface area (Å²) in [5.41, 5.74) is 0. The van der Waals surface area contributed by atoms with E-state index in [0.29, 0.717) is 12.2 Å². The Hall–Kier alpha value is -1.64. The maximum atomic E-state index is 12.0. The number of rotatable bonds is 9. The van der Waals surface area contributed by atoms with Gasteiger partial charge >= 0.3 is 0 Å². The number of hydrogen-bond donors (Lipinski definition) is 3. The summed E-state index contributed by atoms with van der Waals surface area (Å²) >= 11 is 0. The quantitative estimate of drug-likeness (QED) is 0.570. The Bertz CT molecular complexity index is 599. The lowest BCUT2D eigenvalue weighted by molar-refractivity contribution is -0.127. The largest absolute Gasteiger partial charge is 0.481 e. The second-order valence-corrected chi connectivity index (χ2v) is 7.14. The molecule has 23 heavy (non-hydrogen) atoms. The lowest BCUT2D eigenvalue weighted by Crippen LogP contribution is -2.40. The fourth-order valence-corrected chi connectivity index (χ4v) is 2.80. The summed E-state index contributed by atoms with van der Waals surface area (Å²) in [7, 11) is -3.61. The molecule has 0 aliphatic heterocycles. The second-order valence-electron chi connectivity index (χ2n) is 5.37. The molecule has 0 unspecified atom stereocenters. The van der Waals surface area contributed by atoms with E-state index in [4.69, 9.17) is 9.84 Å². The Labute approximate surface area is 137 Å². The number of benzene rings is 1. The standard InChI is InChI=1S/C15H24N2O5S/c1-11(2)17-15(19)12(3)22-13-5-7-14(8-6-13)23(20,21)16-9-4-10-18/h5-8,11-12,16,18H,4,9-10H2,1-3H3,(H,17,19)/t12-/m1/s1. The van der Waals surface area contributed by atoms with Crippen molar-refractivity contribution in [2.75, 3.05) is 13.2 Å². The summed E-state index contributed by atoms with van der Waals surface area (Å²) in [4.78, 5) is 11.9. The Morgan fingerprint density at radius 1 is 1.22 bits per heavy atom. The normalized spacial score (nSPS) is 12.9. The molecule has 130 valence electrons. The van der Waals surface area contributed by atoms with Crippen molar-refractivity contribution in [3.8, 4) is 5.75 Å². The van der Waals surface area contributed by atoms with Crippen LogP contribution in [-0.4, -0.2) is 44.7 Å². The van der Waals surface area contributed by atoms with Crippen molar-refractivity contribution >= 4 is 15.9 Å². The summed E-state index contributed by atoms with van der Waals surface area (Å²) in [5, 5.41) is 11.4. The molecule has 0 spiro atoms. The summed E-state index contributed by atoms with van der Waals surface area (Å²) in [5.74, 6) is 0.174. The van der Waals surface area contributed by atoms with E-state index in [0.717, 1.165) is 0 Å². The van der Waals surface area contributed by atoms with Gasteiger partial charge in [-0.15, -0.1) is 0 Å². The molecular weight excluding hydrogens is 320 g/mol. The van der Waals surface area contributed by atoms with Gasteiger partial charge in [0.1, 0.15) is 5.75 Å². The Kier molecular flexibility index (Phi) is 7.47. The number of sulfonamides is 1. The van der Waals surface area contributed by atoms with Gasteiger partial charge in [-0.1, -0.05) is 0 Å². The van der Waals surface area contributed by atoms with Gasteiger partial charge in [0, 0.05) is 19.2 Å². The molecule has 0 aromatic heterocycles. The van der Waals surface area contributed by atoms with Gasteiger partial charge in [0.15, 0.2) is 6.10 Å². The van der Waals surface area contributed by atoms with E-state index in [2.05, 4.69) is 10.0 Å². The second kappa shape index (κ2) is 8.85. The van der Waals surface area contributed by atoms with Crippen LogP contribution in [0.1, 0.15) is 27.2 Å². The van der Waals surface area contributed by atoms with E-state index >= 15 is 0 Å². The summed E-state index contributed by atoms with van der Waals surface area (Å²) in [6, 6.07) is 5.83. The van der Waals surface area contributed by atoms with Gasteiger partial charge in [-0.25, -0.2) is 13.1 Å². The van der Waals surface area contributed by atoms with Gasteiger partial charge in [0.05, 0.1) is 4.90 Å². The maximum Gasteiger partial charge on any atom is 0.260 e. The van der Waals surface area contributed by atoms with Gasteiger partial charge in [0.25, 0.3) is 5.91 Å². The minimum absolute atomic E-state index is 0.0195. The number of aliphatic hydroxyl groups excluding tert-OH is 1. The SMILES string of the molecule is CC(C)NC(=O)[C@@H](C)Oc1ccc(S(=O)(=O)NCCCO)cc1. The van der Waals surface area contributed by atoms with Crippen LogP contribution in [-0.2, 0) is 14.8 Å². The van der Waals surface area contributed by atoms with Gasteiger partial charge in [0.2, 0.25) is 10.0 Å². The van der Waals surface area contributed by atoms with Gasteiger partial charge in [-0.05, 0) is 51.5 Å². The highest BCUT2D eigenvalue weighted by Crippen LogP contribution is 2.17. The third-order valence-corrected chi connectivity index (χ3v) is 4.35. The zero-order valence-electron chi connectivity index (χ0n) is 13.6. The number of nitrogens with one attached hydrogen (secondary N) is 2. The number of carbonyl (C=O) groups is 1. The zero-order valence-corrected chi connectivity index (χ0v) is 14.4. The van der Waals surface area contributed by atoms with Crippen LogP contribution < -0.4 is 14.8 Å². The van der Waals surface area contributed by atoms with Gasteiger partial charge < -0.3 is 15.2 Å². The van der Waals surface area contributed by atoms with Crippen LogP contribution in [0.4, 0.5) is 0 Å². The first-order valence-electron chi connectivity index (χ1n) is 7.44. The molecule has 0 saturated heterocycles. The number of hydrogen-bond acceptors (Lipinski definition) is 5. The molecule has 8 heteroatoms. The molecule has 0 heterocycles. The molecular formula is C15H24N2O5S. The summed E-state index contributed by atoms with van der Waals surface area (Å²) in [6.45, 7) is 5.43. The molecule has 0 radical (unpaired) electrons. The first-order chi connectivity index (χ1) is 10.8. The smallest absolute Gasteiger partial charge is 0.260 e. The maximum absolute atomic E-state index is 12.0. The van der Waals surface area contributed by atoms with E-state index in [-0.39, 0.29) is 30.0 Å². The van der Waals surface area contributed by atoms with Crippen LogP contribution in [0.25, 0.3) is 0 Å². The van der Waals surface area contributed by atoms with Crippen LogP contribution >= 0.6 is 0 Å². The average Bonchev–Trinajstić information content (AvgIpc) is 2.47. The van der Waals surface area contributed by atoms with E-state index in [1.165, 1.54) is 24.3 Å². The lowest BCUT2D eigenvalue weighted by atomic mass is 10.3. The number of ether oxygens (including phenoxy) is 1. The highest BCUT2D eigenvalue weighted by Gasteiger charge is 2.17. The third kappa shape index (κ3) is 6.55. The Morgan fingerprint density at radius 3 is 2.35 bits per heavy atom. The third-order valence-electron chi connectivity index (χ3n) is 2.87. The van der Waals surface area contributed by atoms with Crippen LogP contribution in [0.5, 0.6) is 5.75 Å². The first-order valence-corrected chi connectivity index (χ1v) is 8.92. The molecule has 0 saturated carbocycles. The fraction of sp³-hybridized carbons (Fsp3) is 0.533. The first kappa shape index (κ1) is 19.4. The molecule has 0 fully saturated rings. The molecule has 3 N–H and O–H groups in total. The van der Waals surface area contributed by atoms with Gasteiger partial charge in [-0.3, -0.25) is 4.79 Å². The highest BCUT2D eigenvalue weighted by molar-refractivity contribution is 7.89. The minimum Gasteiger partial charge on any atom is -0.481 e. The average molecular weight is 344 g/mol.